The Bertz CT molecular complexity index is 414. The molecule has 2 heterocycles. The third-order valence-electron chi connectivity index (χ3n) is 4.25. The van der Waals surface area contributed by atoms with Crippen molar-refractivity contribution in [2.75, 3.05) is 26.2 Å². The molecule has 0 radical (unpaired) electrons. The second kappa shape index (κ2) is 7.70. The quantitative estimate of drug-likeness (QED) is 0.813. The van der Waals surface area contributed by atoms with Gasteiger partial charge in [0.1, 0.15) is 5.01 Å². The van der Waals surface area contributed by atoms with Crippen LogP contribution >= 0.6 is 11.3 Å². The summed E-state index contributed by atoms with van der Waals surface area (Å²) in [6.07, 6.45) is 3.89. The fraction of sp³-hybridized carbons (Fsp3) is 0.824. The second-order valence-electron chi connectivity index (χ2n) is 7.30. The molecule has 0 aliphatic carbocycles. The summed E-state index contributed by atoms with van der Waals surface area (Å²) in [4.78, 5) is 7.39. The van der Waals surface area contributed by atoms with E-state index < -0.39 is 0 Å². The first-order chi connectivity index (χ1) is 9.99. The highest BCUT2D eigenvalue weighted by Gasteiger charge is 2.21. The molecule has 1 N–H and O–H groups in total. The van der Waals surface area contributed by atoms with Gasteiger partial charge >= 0.3 is 0 Å². The molecule has 0 amide bonds. The Morgan fingerprint density at radius 3 is 2.62 bits per heavy atom. The van der Waals surface area contributed by atoms with Crippen molar-refractivity contribution in [3.63, 3.8) is 0 Å². The van der Waals surface area contributed by atoms with E-state index in [4.69, 9.17) is 4.98 Å². The van der Waals surface area contributed by atoms with Gasteiger partial charge in [-0.25, -0.2) is 4.98 Å². The van der Waals surface area contributed by atoms with Crippen molar-refractivity contribution in [2.45, 2.75) is 58.9 Å². The Morgan fingerprint density at radius 2 is 2.05 bits per heavy atom. The van der Waals surface area contributed by atoms with E-state index in [0.717, 1.165) is 19.0 Å². The Morgan fingerprint density at radius 1 is 1.33 bits per heavy atom. The minimum absolute atomic E-state index is 0.173. The van der Waals surface area contributed by atoms with Crippen molar-refractivity contribution in [1.82, 2.24) is 15.2 Å². The summed E-state index contributed by atoms with van der Waals surface area (Å²) in [5.41, 5.74) is 1.41. The van der Waals surface area contributed by atoms with Gasteiger partial charge in [0.25, 0.3) is 0 Å². The highest BCUT2D eigenvalue weighted by Crippen LogP contribution is 2.25. The molecule has 1 aromatic heterocycles. The van der Waals surface area contributed by atoms with Crippen molar-refractivity contribution >= 4 is 11.3 Å². The fourth-order valence-corrected chi connectivity index (χ4v) is 3.81. The molecule has 0 spiro atoms. The number of piperidine rings is 1. The molecule has 1 fully saturated rings. The SMILES string of the molecule is CCCNCC1CCN(Cc2nc(C(C)(C)C)cs2)CC1. The molecule has 21 heavy (non-hydrogen) atoms. The van der Waals surface area contributed by atoms with Crippen LogP contribution in [0.4, 0.5) is 0 Å². The number of nitrogens with one attached hydrogen (secondary N) is 1. The number of nitrogens with zero attached hydrogens (tertiary/aromatic N) is 2. The minimum Gasteiger partial charge on any atom is -0.316 e. The fourth-order valence-electron chi connectivity index (χ4n) is 2.75. The maximum absolute atomic E-state index is 4.82. The number of rotatable bonds is 6. The summed E-state index contributed by atoms with van der Waals surface area (Å²) in [5.74, 6) is 0.870. The van der Waals surface area contributed by atoms with E-state index in [0.29, 0.717) is 0 Å². The van der Waals surface area contributed by atoms with E-state index in [1.54, 1.807) is 0 Å². The number of thiazole rings is 1. The third kappa shape index (κ3) is 5.35. The van der Waals surface area contributed by atoms with Crippen molar-refractivity contribution in [3.05, 3.63) is 16.1 Å². The zero-order valence-electron chi connectivity index (χ0n) is 14.1. The molecule has 0 aromatic carbocycles. The minimum atomic E-state index is 0.173. The molecule has 1 aliphatic rings. The van der Waals surface area contributed by atoms with Gasteiger partial charge in [0.15, 0.2) is 0 Å². The Labute approximate surface area is 134 Å². The van der Waals surface area contributed by atoms with Crippen molar-refractivity contribution < 1.29 is 0 Å². The lowest BCUT2D eigenvalue weighted by Gasteiger charge is -2.31. The van der Waals surface area contributed by atoms with Gasteiger partial charge in [-0.05, 0) is 51.4 Å². The standard InChI is InChI=1S/C17H31N3S/c1-5-8-18-11-14-6-9-20(10-7-14)12-16-19-15(13-21-16)17(2,3)4/h13-14,18H,5-12H2,1-4H3. The summed E-state index contributed by atoms with van der Waals surface area (Å²) >= 11 is 1.82. The topological polar surface area (TPSA) is 28.2 Å². The smallest absolute Gasteiger partial charge is 0.107 e. The van der Waals surface area contributed by atoms with Gasteiger partial charge in [-0.2, -0.15) is 0 Å². The normalized spacial score (nSPS) is 18.3. The molecular weight excluding hydrogens is 278 g/mol. The number of hydrogen-bond acceptors (Lipinski definition) is 4. The van der Waals surface area contributed by atoms with Gasteiger partial charge < -0.3 is 5.32 Å². The van der Waals surface area contributed by atoms with Gasteiger partial charge in [-0.15, -0.1) is 11.3 Å². The second-order valence-corrected chi connectivity index (χ2v) is 8.24. The van der Waals surface area contributed by atoms with Crippen LogP contribution < -0.4 is 5.32 Å². The molecule has 0 atom stereocenters. The summed E-state index contributed by atoms with van der Waals surface area (Å²) in [6, 6.07) is 0. The third-order valence-corrected chi connectivity index (χ3v) is 5.08. The zero-order chi connectivity index (χ0) is 15.3. The molecule has 0 saturated carbocycles. The van der Waals surface area contributed by atoms with Crippen LogP contribution in [0.5, 0.6) is 0 Å². The molecule has 4 heteroatoms. The Hall–Kier alpha value is -0.450. The van der Waals surface area contributed by atoms with Crippen LogP contribution in [0.1, 0.15) is 57.7 Å². The molecule has 0 bridgehead atoms. The summed E-state index contributed by atoms with van der Waals surface area (Å²) in [6.45, 7) is 14.8. The Kier molecular flexibility index (Phi) is 6.20. The van der Waals surface area contributed by atoms with Crippen LogP contribution in [0.3, 0.4) is 0 Å². The van der Waals surface area contributed by atoms with E-state index >= 15 is 0 Å². The summed E-state index contributed by atoms with van der Waals surface area (Å²) < 4.78 is 0. The molecule has 3 nitrogen and oxygen atoms in total. The first-order valence-corrected chi connectivity index (χ1v) is 9.25. The average molecular weight is 310 g/mol. The van der Waals surface area contributed by atoms with Crippen LogP contribution in [0.25, 0.3) is 0 Å². The predicted octanol–water partition coefficient (Wildman–Crippen LogP) is 3.65. The van der Waals surface area contributed by atoms with Crippen LogP contribution in [-0.2, 0) is 12.0 Å². The van der Waals surface area contributed by atoms with E-state index in [1.807, 2.05) is 11.3 Å². The lowest BCUT2D eigenvalue weighted by molar-refractivity contribution is 0.175. The predicted molar refractivity (Wildman–Crippen MR) is 92.0 cm³/mol. The summed E-state index contributed by atoms with van der Waals surface area (Å²) in [5, 5.41) is 7.07. The van der Waals surface area contributed by atoms with Gasteiger partial charge in [-0.1, -0.05) is 27.7 Å². The molecule has 120 valence electrons. The highest BCUT2D eigenvalue weighted by atomic mass is 32.1. The lowest BCUT2D eigenvalue weighted by atomic mass is 9.93. The van der Waals surface area contributed by atoms with E-state index in [2.05, 4.69) is 43.3 Å². The van der Waals surface area contributed by atoms with Crippen molar-refractivity contribution in [3.8, 4) is 0 Å². The highest BCUT2D eigenvalue weighted by molar-refractivity contribution is 7.09. The maximum Gasteiger partial charge on any atom is 0.107 e. The molecule has 1 aliphatic heterocycles. The van der Waals surface area contributed by atoms with Crippen LogP contribution in [0.2, 0.25) is 0 Å². The number of aromatic nitrogens is 1. The zero-order valence-corrected chi connectivity index (χ0v) is 14.9. The van der Waals surface area contributed by atoms with Crippen molar-refractivity contribution in [1.29, 1.82) is 0 Å². The van der Waals surface area contributed by atoms with E-state index in [-0.39, 0.29) is 5.41 Å². The first-order valence-electron chi connectivity index (χ1n) is 8.37. The molecule has 1 saturated heterocycles. The van der Waals surface area contributed by atoms with E-state index in [1.165, 1.54) is 49.6 Å². The van der Waals surface area contributed by atoms with Gasteiger partial charge in [0.2, 0.25) is 0 Å². The Balaban J connectivity index is 1.74. The molecule has 2 rings (SSSR count). The number of hydrogen-bond donors (Lipinski definition) is 1. The van der Waals surface area contributed by atoms with Gasteiger partial charge in [0, 0.05) is 10.8 Å². The first kappa shape index (κ1) is 16.9. The van der Waals surface area contributed by atoms with Gasteiger partial charge in [-0.3, -0.25) is 4.90 Å². The maximum atomic E-state index is 4.82. The molecule has 0 unspecified atom stereocenters. The lowest BCUT2D eigenvalue weighted by Crippen LogP contribution is -2.37. The van der Waals surface area contributed by atoms with E-state index in [9.17, 15) is 0 Å². The number of likely N-dealkylation sites (tertiary alicyclic amines) is 1. The van der Waals surface area contributed by atoms with Crippen LogP contribution in [0, 0.1) is 5.92 Å². The molecule has 1 aromatic rings. The van der Waals surface area contributed by atoms with Crippen molar-refractivity contribution in [2.24, 2.45) is 5.92 Å². The monoisotopic (exact) mass is 309 g/mol. The van der Waals surface area contributed by atoms with Gasteiger partial charge in [0.05, 0.1) is 12.2 Å². The van der Waals surface area contributed by atoms with Crippen LogP contribution in [0.15, 0.2) is 5.38 Å². The molecular formula is C17H31N3S. The summed E-state index contributed by atoms with van der Waals surface area (Å²) in [7, 11) is 0. The average Bonchev–Trinajstić information content (AvgIpc) is 2.90. The largest absolute Gasteiger partial charge is 0.316 e. The van der Waals surface area contributed by atoms with Crippen LogP contribution in [-0.4, -0.2) is 36.1 Å².